The standard InChI is InChI=1S/C16H32N4O4.HI/c1-4-17-15(18-8-11-23-13-12-22-3)19-14-6-9-20(10-7-14)16(21)24-5-2;/h14H,4-13H2,1-3H3,(H2,17,18,19);1H. The van der Waals surface area contributed by atoms with Gasteiger partial charge in [-0.2, -0.15) is 0 Å². The van der Waals surface area contributed by atoms with E-state index in [-0.39, 0.29) is 30.1 Å². The van der Waals surface area contributed by atoms with Gasteiger partial charge in [0.25, 0.3) is 0 Å². The minimum atomic E-state index is -0.218. The van der Waals surface area contributed by atoms with Crippen LogP contribution in [0.5, 0.6) is 0 Å². The van der Waals surface area contributed by atoms with E-state index in [1.165, 1.54) is 0 Å². The van der Waals surface area contributed by atoms with Crippen LogP contribution in [-0.2, 0) is 14.2 Å². The van der Waals surface area contributed by atoms with Gasteiger partial charge in [-0.3, -0.25) is 4.99 Å². The third-order valence-corrected chi connectivity index (χ3v) is 3.64. The predicted octanol–water partition coefficient (Wildman–Crippen LogP) is 1.44. The summed E-state index contributed by atoms with van der Waals surface area (Å²) in [4.78, 5) is 18.0. The number of methoxy groups -OCH3 is 1. The van der Waals surface area contributed by atoms with Gasteiger partial charge in [0, 0.05) is 32.8 Å². The number of rotatable bonds is 9. The van der Waals surface area contributed by atoms with E-state index >= 15 is 0 Å². The summed E-state index contributed by atoms with van der Waals surface area (Å²) in [5, 5.41) is 6.67. The molecule has 1 aliphatic heterocycles. The molecule has 0 unspecified atom stereocenters. The molecule has 0 atom stereocenters. The van der Waals surface area contributed by atoms with Gasteiger partial charge in [0.2, 0.25) is 0 Å². The van der Waals surface area contributed by atoms with Gasteiger partial charge in [-0.1, -0.05) is 0 Å². The Hall–Kier alpha value is -0.810. The number of aliphatic imine (C=N–C) groups is 1. The summed E-state index contributed by atoms with van der Waals surface area (Å²) in [5.74, 6) is 0.794. The summed E-state index contributed by atoms with van der Waals surface area (Å²) in [6.45, 7) is 8.84. The maximum absolute atomic E-state index is 11.7. The number of nitrogens with zero attached hydrogens (tertiary/aromatic N) is 2. The number of carbonyl (C=O) groups excluding carboxylic acids is 1. The highest BCUT2D eigenvalue weighted by Crippen LogP contribution is 2.11. The predicted molar refractivity (Wildman–Crippen MR) is 109 cm³/mol. The Labute approximate surface area is 168 Å². The van der Waals surface area contributed by atoms with Crippen molar-refractivity contribution in [2.24, 2.45) is 4.99 Å². The van der Waals surface area contributed by atoms with Crippen molar-refractivity contribution >= 4 is 36.0 Å². The fourth-order valence-corrected chi connectivity index (χ4v) is 2.40. The molecule has 25 heavy (non-hydrogen) atoms. The number of likely N-dealkylation sites (tertiary alicyclic amines) is 1. The first-order valence-corrected chi connectivity index (χ1v) is 8.74. The summed E-state index contributed by atoms with van der Waals surface area (Å²) < 4.78 is 15.4. The van der Waals surface area contributed by atoms with Crippen LogP contribution in [0.4, 0.5) is 4.79 Å². The van der Waals surface area contributed by atoms with Gasteiger partial charge >= 0.3 is 6.09 Å². The molecule has 1 saturated heterocycles. The average Bonchev–Trinajstić information content (AvgIpc) is 2.59. The molecule has 8 nitrogen and oxygen atoms in total. The Kier molecular flexibility index (Phi) is 14.9. The number of hydrogen-bond donors (Lipinski definition) is 2. The minimum absolute atomic E-state index is 0. The number of guanidine groups is 1. The molecule has 0 aromatic carbocycles. The van der Waals surface area contributed by atoms with Gasteiger partial charge in [-0.15, -0.1) is 24.0 Å². The molecule has 0 bridgehead atoms. The van der Waals surface area contributed by atoms with E-state index in [1.54, 1.807) is 12.0 Å². The second-order valence-corrected chi connectivity index (χ2v) is 5.47. The Bertz CT molecular complexity index is 377. The number of hydrogen-bond acceptors (Lipinski definition) is 5. The second-order valence-electron chi connectivity index (χ2n) is 5.47. The average molecular weight is 472 g/mol. The van der Waals surface area contributed by atoms with E-state index in [0.717, 1.165) is 25.3 Å². The smallest absolute Gasteiger partial charge is 0.409 e. The van der Waals surface area contributed by atoms with Gasteiger partial charge in [0.15, 0.2) is 5.96 Å². The molecular formula is C16H33IN4O4. The van der Waals surface area contributed by atoms with Crippen molar-refractivity contribution in [3.8, 4) is 0 Å². The molecule has 0 radical (unpaired) electrons. The van der Waals surface area contributed by atoms with Gasteiger partial charge < -0.3 is 29.7 Å². The fraction of sp³-hybridized carbons (Fsp3) is 0.875. The first kappa shape index (κ1) is 24.2. The molecule has 1 aliphatic rings. The third-order valence-electron chi connectivity index (χ3n) is 3.64. The molecule has 2 N–H and O–H groups in total. The van der Waals surface area contributed by atoms with Crippen LogP contribution in [-0.4, -0.2) is 82.7 Å². The number of ether oxygens (including phenoxy) is 3. The van der Waals surface area contributed by atoms with E-state index in [1.807, 2.05) is 13.8 Å². The van der Waals surface area contributed by atoms with Crippen LogP contribution in [0.15, 0.2) is 4.99 Å². The van der Waals surface area contributed by atoms with E-state index in [2.05, 4.69) is 15.6 Å². The SMILES string of the molecule is CCNC(=NCCOCCOC)NC1CCN(C(=O)OCC)CC1.I. The lowest BCUT2D eigenvalue weighted by Crippen LogP contribution is -2.50. The minimum Gasteiger partial charge on any atom is -0.450 e. The summed E-state index contributed by atoms with van der Waals surface area (Å²) in [7, 11) is 1.65. The van der Waals surface area contributed by atoms with Gasteiger partial charge in [-0.25, -0.2) is 4.79 Å². The Balaban J connectivity index is 0.00000576. The molecule has 0 saturated carbocycles. The number of piperidine rings is 1. The molecule has 148 valence electrons. The normalized spacial score (nSPS) is 15.5. The second kappa shape index (κ2) is 15.4. The van der Waals surface area contributed by atoms with Gasteiger partial charge in [0.05, 0.1) is 33.0 Å². The Morgan fingerprint density at radius 3 is 2.52 bits per heavy atom. The molecule has 0 aromatic rings. The number of carbonyl (C=O) groups is 1. The maximum Gasteiger partial charge on any atom is 0.409 e. The van der Waals surface area contributed by atoms with Crippen molar-refractivity contribution in [3.63, 3.8) is 0 Å². The van der Waals surface area contributed by atoms with Crippen molar-refractivity contribution < 1.29 is 19.0 Å². The van der Waals surface area contributed by atoms with Crippen molar-refractivity contribution in [1.82, 2.24) is 15.5 Å². The topological polar surface area (TPSA) is 84.4 Å². The van der Waals surface area contributed by atoms with E-state index in [9.17, 15) is 4.79 Å². The quantitative estimate of drug-likeness (QED) is 0.229. The molecule has 0 aromatic heterocycles. The van der Waals surface area contributed by atoms with E-state index < -0.39 is 0 Å². The maximum atomic E-state index is 11.7. The summed E-state index contributed by atoms with van der Waals surface area (Å²) in [6.07, 6.45) is 1.55. The highest BCUT2D eigenvalue weighted by molar-refractivity contribution is 14.0. The van der Waals surface area contributed by atoms with E-state index in [0.29, 0.717) is 52.1 Å². The lowest BCUT2D eigenvalue weighted by atomic mass is 10.1. The summed E-state index contributed by atoms with van der Waals surface area (Å²) >= 11 is 0. The molecular weight excluding hydrogens is 439 g/mol. The Morgan fingerprint density at radius 1 is 1.20 bits per heavy atom. The van der Waals surface area contributed by atoms with Crippen molar-refractivity contribution in [1.29, 1.82) is 0 Å². The van der Waals surface area contributed by atoms with Crippen molar-refractivity contribution in [3.05, 3.63) is 0 Å². The zero-order valence-corrected chi connectivity index (χ0v) is 17.9. The van der Waals surface area contributed by atoms with Crippen molar-refractivity contribution in [2.45, 2.75) is 32.7 Å². The molecule has 1 amide bonds. The number of halogens is 1. The van der Waals surface area contributed by atoms with Crippen LogP contribution >= 0.6 is 24.0 Å². The third kappa shape index (κ3) is 10.7. The zero-order chi connectivity index (χ0) is 17.6. The first-order chi connectivity index (χ1) is 11.7. The van der Waals surface area contributed by atoms with Crippen LogP contribution in [0.1, 0.15) is 26.7 Å². The molecule has 1 fully saturated rings. The van der Waals surface area contributed by atoms with Crippen LogP contribution in [0.2, 0.25) is 0 Å². The molecule has 0 aliphatic carbocycles. The lowest BCUT2D eigenvalue weighted by Gasteiger charge is -2.32. The lowest BCUT2D eigenvalue weighted by molar-refractivity contribution is 0.0748. The summed E-state index contributed by atoms with van der Waals surface area (Å²) in [6, 6.07) is 0.308. The highest BCUT2D eigenvalue weighted by Gasteiger charge is 2.23. The first-order valence-electron chi connectivity index (χ1n) is 8.74. The zero-order valence-electron chi connectivity index (χ0n) is 15.6. The molecule has 0 spiro atoms. The Morgan fingerprint density at radius 2 is 1.92 bits per heavy atom. The molecule has 1 heterocycles. The van der Waals surface area contributed by atoms with Crippen molar-refractivity contribution in [2.75, 3.05) is 59.7 Å². The molecule has 9 heteroatoms. The number of amides is 1. The van der Waals surface area contributed by atoms with Crippen LogP contribution in [0, 0.1) is 0 Å². The highest BCUT2D eigenvalue weighted by atomic mass is 127. The monoisotopic (exact) mass is 472 g/mol. The molecule has 1 rings (SSSR count). The summed E-state index contributed by atoms with van der Waals surface area (Å²) in [5.41, 5.74) is 0. The largest absolute Gasteiger partial charge is 0.450 e. The van der Waals surface area contributed by atoms with Crippen LogP contribution in [0.3, 0.4) is 0 Å². The fourth-order valence-electron chi connectivity index (χ4n) is 2.40. The van der Waals surface area contributed by atoms with Crippen LogP contribution < -0.4 is 10.6 Å². The number of nitrogens with one attached hydrogen (secondary N) is 2. The van der Waals surface area contributed by atoms with E-state index in [4.69, 9.17) is 14.2 Å². The van der Waals surface area contributed by atoms with Crippen LogP contribution in [0.25, 0.3) is 0 Å². The van der Waals surface area contributed by atoms with Gasteiger partial charge in [-0.05, 0) is 26.7 Å². The van der Waals surface area contributed by atoms with Gasteiger partial charge in [0.1, 0.15) is 0 Å².